The topological polar surface area (TPSA) is 56.6 Å². The number of benzene rings is 2. The van der Waals surface area contributed by atoms with Crippen LogP contribution in [0, 0.1) is 0 Å². The zero-order valence-electron chi connectivity index (χ0n) is 16.4. The second-order valence-electron chi connectivity index (χ2n) is 7.31. The Morgan fingerprint density at radius 1 is 1.17 bits per heavy atom. The zero-order valence-corrected chi connectivity index (χ0v) is 17.9. The Kier molecular flexibility index (Phi) is 6.11. The normalized spacial score (nSPS) is 21.6. The van der Waals surface area contributed by atoms with Crippen molar-refractivity contribution < 1.29 is 14.4 Å². The molecule has 1 aliphatic rings. The third kappa shape index (κ3) is 4.37. The summed E-state index contributed by atoms with van der Waals surface area (Å²) in [5, 5.41) is 3.09. The van der Waals surface area contributed by atoms with E-state index in [0.29, 0.717) is 28.6 Å². The first-order chi connectivity index (χ1) is 14.5. The zero-order chi connectivity index (χ0) is 21.1. The minimum Gasteiger partial charge on any atom is -0.459 e. The smallest absolute Gasteiger partial charge is 0.338 e. The molecule has 2 atom stereocenters. The van der Waals surface area contributed by atoms with E-state index in [1.54, 1.807) is 36.8 Å². The molecule has 2 heterocycles. The second-order valence-corrected chi connectivity index (χ2v) is 8.18. The van der Waals surface area contributed by atoms with Gasteiger partial charge in [0.2, 0.25) is 0 Å². The molecular formula is C22H21Cl2N3O3. The molecule has 0 aliphatic carbocycles. The standard InChI is InChI=1S/C22H21Cl2N3O3/c1-26-22(14-27-11-10-25-15-27,17-4-8-19(24)9-5-17)12-20(30-26)13-29-21(28)16-2-6-18(23)7-3-16/h2-11,15,20H,12-14H2,1H3. The number of hydrogen-bond donors (Lipinski definition) is 0. The fourth-order valence-electron chi connectivity index (χ4n) is 3.79. The van der Waals surface area contributed by atoms with Crippen LogP contribution in [-0.4, -0.2) is 40.3 Å². The lowest BCUT2D eigenvalue weighted by molar-refractivity contribution is -0.181. The van der Waals surface area contributed by atoms with E-state index in [-0.39, 0.29) is 12.7 Å². The van der Waals surface area contributed by atoms with Crippen molar-refractivity contribution in [3.63, 3.8) is 0 Å². The number of aromatic nitrogens is 2. The molecule has 4 rings (SSSR count). The number of esters is 1. The molecule has 1 fully saturated rings. The van der Waals surface area contributed by atoms with Gasteiger partial charge in [0, 0.05) is 42.5 Å². The minimum atomic E-state index is -0.456. The molecule has 0 radical (unpaired) electrons. The maximum Gasteiger partial charge on any atom is 0.338 e. The van der Waals surface area contributed by atoms with Gasteiger partial charge in [0.05, 0.1) is 17.4 Å². The Hall–Kier alpha value is -2.38. The SMILES string of the molecule is CN1OC(COC(=O)c2ccc(Cl)cc2)CC1(Cn1ccnc1)c1ccc(Cl)cc1. The maximum absolute atomic E-state index is 12.4. The highest BCUT2D eigenvalue weighted by Gasteiger charge is 2.47. The van der Waals surface area contributed by atoms with Crippen molar-refractivity contribution in [1.29, 1.82) is 0 Å². The van der Waals surface area contributed by atoms with Gasteiger partial charge >= 0.3 is 5.97 Å². The van der Waals surface area contributed by atoms with Crippen LogP contribution in [0.5, 0.6) is 0 Å². The van der Waals surface area contributed by atoms with Crippen molar-refractivity contribution in [1.82, 2.24) is 14.6 Å². The Bertz CT molecular complexity index is 993. The van der Waals surface area contributed by atoms with E-state index >= 15 is 0 Å². The number of nitrogens with zero attached hydrogens (tertiary/aromatic N) is 3. The first-order valence-corrected chi connectivity index (χ1v) is 10.3. The highest BCUT2D eigenvalue weighted by atomic mass is 35.5. The van der Waals surface area contributed by atoms with Gasteiger partial charge < -0.3 is 9.30 Å². The monoisotopic (exact) mass is 445 g/mol. The molecule has 1 aromatic heterocycles. The molecule has 0 bridgehead atoms. The lowest BCUT2D eigenvalue weighted by Crippen LogP contribution is -2.41. The van der Waals surface area contributed by atoms with E-state index in [4.69, 9.17) is 32.8 Å². The van der Waals surface area contributed by atoms with Crippen molar-refractivity contribution in [2.45, 2.75) is 24.6 Å². The molecule has 3 aromatic rings. The van der Waals surface area contributed by atoms with Crippen LogP contribution >= 0.6 is 23.2 Å². The van der Waals surface area contributed by atoms with Crippen molar-refractivity contribution in [3.05, 3.63) is 88.4 Å². The van der Waals surface area contributed by atoms with Crippen LogP contribution in [-0.2, 0) is 21.7 Å². The van der Waals surface area contributed by atoms with Gasteiger partial charge in [-0.15, -0.1) is 0 Å². The third-order valence-corrected chi connectivity index (χ3v) is 5.84. The Balaban J connectivity index is 1.51. The van der Waals surface area contributed by atoms with Gasteiger partial charge in [0.1, 0.15) is 12.7 Å². The van der Waals surface area contributed by atoms with Crippen molar-refractivity contribution in [3.8, 4) is 0 Å². The predicted molar refractivity (Wildman–Crippen MR) is 114 cm³/mol. The molecule has 156 valence electrons. The Morgan fingerprint density at radius 2 is 1.83 bits per heavy atom. The number of carbonyl (C=O) groups excluding carboxylic acids is 1. The van der Waals surface area contributed by atoms with Crippen LogP contribution in [0.2, 0.25) is 10.0 Å². The van der Waals surface area contributed by atoms with Gasteiger partial charge in [-0.1, -0.05) is 35.3 Å². The highest BCUT2D eigenvalue weighted by Crippen LogP contribution is 2.41. The van der Waals surface area contributed by atoms with Gasteiger partial charge in [-0.25, -0.2) is 9.78 Å². The van der Waals surface area contributed by atoms with Crippen LogP contribution < -0.4 is 0 Å². The molecular weight excluding hydrogens is 425 g/mol. The summed E-state index contributed by atoms with van der Waals surface area (Å²) in [6.07, 6.45) is 5.79. The quantitative estimate of drug-likeness (QED) is 0.519. The minimum absolute atomic E-state index is 0.144. The van der Waals surface area contributed by atoms with E-state index in [1.165, 1.54) is 0 Å². The van der Waals surface area contributed by atoms with Crippen molar-refractivity contribution in [2.24, 2.45) is 0 Å². The molecule has 1 saturated heterocycles. The van der Waals surface area contributed by atoms with Crippen LogP contribution in [0.15, 0.2) is 67.3 Å². The van der Waals surface area contributed by atoms with Gasteiger partial charge in [-0.05, 0) is 42.0 Å². The number of carbonyl (C=O) groups is 1. The fourth-order valence-corrected chi connectivity index (χ4v) is 4.04. The Labute approximate surface area is 184 Å². The summed E-state index contributed by atoms with van der Waals surface area (Å²) >= 11 is 12.0. The van der Waals surface area contributed by atoms with Gasteiger partial charge in [-0.2, -0.15) is 5.06 Å². The van der Waals surface area contributed by atoms with Crippen LogP contribution in [0.3, 0.4) is 0 Å². The predicted octanol–water partition coefficient (Wildman–Crippen LogP) is 4.58. The molecule has 30 heavy (non-hydrogen) atoms. The van der Waals surface area contributed by atoms with Crippen molar-refractivity contribution >= 4 is 29.2 Å². The third-order valence-electron chi connectivity index (χ3n) is 5.34. The molecule has 8 heteroatoms. The van der Waals surface area contributed by atoms with E-state index < -0.39 is 11.5 Å². The molecule has 2 unspecified atom stereocenters. The number of likely N-dealkylation sites (N-methyl/N-ethyl adjacent to an activating group) is 1. The lowest BCUT2D eigenvalue weighted by Gasteiger charge is -2.34. The van der Waals surface area contributed by atoms with Gasteiger partial charge in [-0.3, -0.25) is 4.84 Å². The summed E-state index contributed by atoms with van der Waals surface area (Å²) in [4.78, 5) is 22.6. The van der Waals surface area contributed by atoms with Gasteiger partial charge in [0.25, 0.3) is 0 Å². The number of imidazole rings is 1. The van der Waals surface area contributed by atoms with Crippen molar-refractivity contribution in [2.75, 3.05) is 13.7 Å². The first-order valence-electron chi connectivity index (χ1n) is 9.51. The van der Waals surface area contributed by atoms with Gasteiger partial charge in [0.15, 0.2) is 0 Å². The van der Waals surface area contributed by atoms with E-state index in [0.717, 1.165) is 5.56 Å². The first kappa shape index (κ1) is 20.9. The number of ether oxygens (including phenoxy) is 1. The number of rotatable bonds is 6. The lowest BCUT2D eigenvalue weighted by atomic mass is 9.85. The molecule has 2 aromatic carbocycles. The Morgan fingerprint density at radius 3 is 2.47 bits per heavy atom. The summed E-state index contributed by atoms with van der Waals surface area (Å²) in [6, 6.07) is 14.3. The fraction of sp³-hybridized carbons (Fsp3) is 0.273. The second kappa shape index (κ2) is 8.78. The molecule has 6 nitrogen and oxygen atoms in total. The highest BCUT2D eigenvalue weighted by molar-refractivity contribution is 6.30. The maximum atomic E-state index is 12.4. The van der Waals surface area contributed by atoms with E-state index in [9.17, 15) is 4.79 Å². The number of hydrogen-bond acceptors (Lipinski definition) is 5. The molecule has 0 N–H and O–H groups in total. The molecule has 0 spiro atoms. The summed E-state index contributed by atoms with van der Waals surface area (Å²) in [6.45, 7) is 0.776. The van der Waals surface area contributed by atoms with E-state index in [2.05, 4.69) is 4.98 Å². The van der Waals surface area contributed by atoms with Crippen LogP contribution in [0.4, 0.5) is 0 Å². The van der Waals surface area contributed by atoms with Crippen LogP contribution in [0.25, 0.3) is 0 Å². The summed E-state index contributed by atoms with van der Waals surface area (Å²) < 4.78 is 7.52. The summed E-state index contributed by atoms with van der Waals surface area (Å²) in [7, 11) is 1.90. The number of halogens is 2. The number of hydroxylamine groups is 2. The summed E-state index contributed by atoms with van der Waals surface area (Å²) in [5.74, 6) is -0.406. The molecule has 0 saturated carbocycles. The summed E-state index contributed by atoms with van der Waals surface area (Å²) in [5.41, 5.74) is 1.06. The molecule has 1 aliphatic heterocycles. The largest absolute Gasteiger partial charge is 0.459 e. The average molecular weight is 446 g/mol. The van der Waals surface area contributed by atoms with Crippen LogP contribution in [0.1, 0.15) is 22.3 Å². The molecule has 0 amide bonds. The van der Waals surface area contributed by atoms with E-state index in [1.807, 2.05) is 47.1 Å². The average Bonchev–Trinajstić information content (AvgIpc) is 3.36.